The summed E-state index contributed by atoms with van der Waals surface area (Å²) in [5, 5.41) is 3.07. The molecule has 31 heavy (non-hydrogen) atoms. The lowest BCUT2D eigenvalue weighted by atomic mass is 9.87. The Morgan fingerprint density at radius 3 is 2.16 bits per heavy atom. The van der Waals surface area contributed by atoms with E-state index in [1.807, 2.05) is 17.0 Å². The molecule has 1 aliphatic carbocycles. The molecule has 3 rings (SSSR count). The number of hydrogen-bond donors (Lipinski definition) is 1. The van der Waals surface area contributed by atoms with Gasteiger partial charge in [-0.3, -0.25) is 9.59 Å². The Balaban J connectivity index is 1.91. The molecule has 172 valence electrons. The highest BCUT2D eigenvalue weighted by molar-refractivity contribution is 5.84. The molecule has 1 aromatic carbocycles. The first kappa shape index (κ1) is 23.2. The Hall–Kier alpha value is -2.44. The van der Waals surface area contributed by atoms with Gasteiger partial charge in [0.2, 0.25) is 17.6 Å². The maximum Gasteiger partial charge on any atom is 0.225 e. The molecule has 1 aliphatic heterocycles. The predicted octanol–water partition coefficient (Wildman–Crippen LogP) is 3.22. The van der Waals surface area contributed by atoms with Crippen LogP contribution in [0.5, 0.6) is 17.2 Å². The van der Waals surface area contributed by atoms with Crippen molar-refractivity contribution in [2.75, 3.05) is 41.0 Å². The Morgan fingerprint density at radius 1 is 1.03 bits per heavy atom. The Labute approximate surface area is 185 Å². The van der Waals surface area contributed by atoms with Gasteiger partial charge in [-0.15, -0.1) is 0 Å². The average Bonchev–Trinajstić information content (AvgIpc) is 3.46. The second kappa shape index (κ2) is 10.2. The highest BCUT2D eigenvalue weighted by atomic mass is 16.5. The summed E-state index contributed by atoms with van der Waals surface area (Å²) in [6, 6.07) is 3.80. The molecule has 0 bridgehead atoms. The molecule has 2 atom stereocenters. The number of nitrogens with one attached hydrogen (secondary N) is 1. The summed E-state index contributed by atoms with van der Waals surface area (Å²) in [6.07, 6.45) is 4.13. The number of carbonyl (C=O) groups excluding carboxylic acids is 2. The van der Waals surface area contributed by atoms with E-state index in [-0.39, 0.29) is 29.6 Å². The zero-order chi connectivity index (χ0) is 22.5. The Morgan fingerprint density at radius 2 is 1.65 bits per heavy atom. The van der Waals surface area contributed by atoms with Crippen LogP contribution in [0.15, 0.2) is 12.1 Å². The zero-order valence-electron chi connectivity index (χ0n) is 19.4. The minimum absolute atomic E-state index is 0.00539. The van der Waals surface area contributed by atoms with Crippen molar-refractivity contribution in [3.8, 4) is 17.2 Å². The normalized spacial score (nSPS) is 21.4. The van der Waals surface area contributed by atoms with Crippen molar-refractivity contribution < 1.29 is 23.8 Å². The maximum absolute atomic E-state index is 13.1. The molecule has 1 N–H and O–H groups in total. The van der Waals surface area contributed by atoms with Gasteiger partial charge >= 0.3 is 0 Å². The third-order valence-corrected chi connectivity index (χ3v) is 6.47. The number of methoxy groups -OCH3 is 3. The van der Waals surface area contributed by atoms with E-state index in [9.17, 15) is 9.59 Å². The quantitative estimate of drug-likeness (QED) is 0.683. The van der Waals surface area contributed by atoms with Crippen molar-refractivity contribution >= 4 is 11.8 Å². The molecule has 7 nitrogen and oxygen atoms in total. The van der Waals surface area contributed by atoms with E-state index < -0.39 is 0 Å². The Bertz CT molecular complexity index is 763. The van der Waals surface area contributed by atoms with Crippen LogP contribution in [0, 0.1) is 17.8 Å². The fraction of sp³-hybridized carbons (Fsp3) is 0.667. The second-order valence-electron chi connectivity index (χ2n) is 9.04. The van der Waals surface area contributed by atoms with E-state index in [4.69, 9.17) is 14.2 Å². The highest BCUT2D eigenvalue weighted by Gasteiger charge is 2.42. The number of likely N-dealkylation sites (tertiary alicyclic amines) is 1. The van der Waals surface area contributed by atoms with E-state index in [0.717, 1.165) is 31.2 Å². The van der Waals surface area contributed by atoms with Crippen LogP contribution in [0.2, 0.25) is 0 Å². The highest BCUT2D eigenvalue weighted by Crippen LogP contribution is 2.43. The molecule has 0 unspecified atom stereocenters. The van der Waals surface area contributed by atoms with Crippen LogP contribution in [0.25, 0.3) is 0 Å². The van der Waals surface area contributed by atoms with E-state index >= 15 is 0 Å². The molecule has 0 spiro atoms. The van der Waals surface area contributed by atoms with Gasteiger partial charge in [0.05, 0.1) is 27.2 Å². The third-order valence-electron chi connectivity index (χ3n) is 6.47. The lowest BCUT2D eigenvalue weighted by Crippen LogP contribution is -2.38. The van der Waals surface area contributed by atoms with E-state index in [1.165, 1.54) is 0 Å². The average molecular weight is 433 g/mol. The van der Waals surface area contributed by atoms with Crippen molar-refractivity contribution in [1.29, 1.82) is 0 Å². The molecule has 0 aromatic heterocycles. The molecular formula is C24H36N2O5. The topological polar surface area (TPSA) is 77.1 Å². The molecule has 1 heterocycles. The van der Waals surface area contributed by atoms with Gasteiger partial charge in [0.25, 0.3) is 0 Å². The van der Waals surface area contributed by atoms with E-state index in [2.05, 4.69) is 19.2 Å². The summed E-state index contributed by atoms with van der Waals surface area (Å²) >= 11 is 0. The largest absolute Gasteiger partial charge is 0.493 e. The van der Waals surface area contributed by atoms with Crippen molar-refractivity contribution in [3.05, 3.63) is 17.7 Å². The standard InChI is InChI=1S/C24H36N2O5/c1-15(2)12-25-23(27)19-14-26(24(28)16-8-6-7-9-16)13-18(19)17-10-20(29-3)22(31-5)21(11-17)30-4/h10-11,15-16,18-19H,6-9,12-14H2,1-5H3,(H,25,27)/t18-,19+/m0/s1. The molecule has 1 aromatic rings. The molecule has 2 fully saturated rings. The zero-order valence-corrected chi connectivity index (χ0v) is 19.4. The van der Waals surface area contributed by atoms with Gasteiger partial charge in [0, 0.05) is 31.5 Å². The number of benzene rings is 1. The summed E-state index contributed by atoms with van der Waals surface area (Å²) < 4.78 is 16.5. The number of ether oxygens (including phenoxy) is 3. The van der Waals surface area contributed by atoms with Gasteiger partial charge in [-0.1, -0.05) is 26.7 Å². The van der Waals surface area contributed by atoms with Crippen LogP contribution in [-0.4, -0.2) is 57.7 Å². The van der Waals surface area contributed by atoms with Crippen molar-refractivity contribution in [2.24, 2.45) is 17.8 Å². The van der Waals surface area contributed by atoms with Gasteiger partial charge in [-0.2, -0.15) is 0 Å². The minimum Gasteiger partial charge on any atom is -0.493 e. The van der Waals surface area contributed by atoms with E-state index in [1.54, 1.807) is 21.3 Å². The van der Waals surface area contributed by atoms with Gasteiger partial charge in [0.1, 0.15) is 0 Å². The van der Waals surface area contributed by atoms with Gasteiger partial charge < -0.3 is 24.4 Å². The third kappa shape index (κ3) is 5.08. The first-order valence-corrected chi connectivity index (χ1v) is 11.3. The number of nitrogens with zero attached hydrogens (tertiary/aromatic N) is 1. The predicted molar refractivity (Wildman–Crippen MR) is 119 cm³/mol. The van der Waals surface area contributed by atoms with Crippen LogP contribution in [0.4, 0.5) is 0 Å². The lowest BCUT2D eigenvalue weighted by molar-refractivity contribution is -0.134. The smallest absolute Gasteiger partial charge is 0.225 e. The maximum atomic E-state index is 13.1. The number of hydrogen-bond acceptors (Lipinski definition) is 5. The molecule has 2 amide bonds. The minimum atomic E-state index is -0.313. The van der Waals surface area contributed by atoms with Crippen molar-refractivity contribution in [2.45, 2.75) is 45.4 Å². The first-order chi connectivity index (χ1) is 14.9. The summed E-state index contributed by atoms with van der Waals surface area (Å²) in [5.74, 6) is 1.82. The monoisotopic (exact) mass is 432 g/mol. The molecule has 7 heteroatoms. The summed E-state index contributed by atoms with van der Waals surface area (Å²) in [6.45, 7) is 5.73. The van der Waals surface area contributed by atoms with Crippen LogP contribution >= 0.6 is 0 Å². The van der Waals surface area contributed by atoms with Crippen molar-refractivity contribution in [1.82, 2.24) is 10.2 Å². The summed E-state index contributed by atoms with van der Waals surface area (Å²) in [5.41, 5.74) is 0.918. The first-order valence-electron chi connectivity index (χ1n) is 11.3. The van der Waals surface area contributed by atoms with Crippen LogP contribution in [0.1, 0.15) is 51.0 Å². The van der Waals surface area contributed by atoms with Crippen LogP contribution in [-0.2, 0) is 9.59 Å². The molecule has 0 radical (unpaired) electrons. The fourth-order valence-corrected chi connectivity index (χ4v) is 4.77. The molecule has 1 saturated heterocycles. The SMILES string of the molecule is COc1cc([C@@H]2CN(C(=O)C3CCCC3)C[C@H]2C(=O)NCC(C)C)cc(OC)c1OC. The number of amides is 2. The van der Waals surface area contributed by atoms with Gasteiger partial charge in [0.15, 0.2) is 11.5 Å². The molecule has 1 saturated carbocycles. The summed E-state index contributed by atoms with van der Waals surface area (Å²) in [4.78, 5) is 28.1. The number of rotatable bonds is 8. The van der Waals surface area contributed by atoms with E-state index in [0.29, 0.717) is 42.8 Å². The van der Waals surface area contributed by atoms with Crippen LogP contribution in [0.3, 0.4) is 0 Å². The lowest BCUT2D eigenvalue weighted by Gasteiger charge is -2.21. The molecule has 2 aliphatic rings. The summed E-state index contributed by atoms with van der Waals surface area (Å²) in [7, 11) is 4.73. The van der Waals surface area contributed by atoms with Crippen molar-refractivity contribution in [3.63, 3.8) is 0 Å². The second-order valence-corrected chi connectivity index (χ2v) is 9.04. The Kier molecular flexibility index (Phi) is 7.68. The fourth-order valence-electron chi connectivity index (χ4n) is 4.77. The van der Waals surface area contributed by atoms with Crippen LogP contribution < -0.4 is 19.5 Å². The van der Waals surface area contributed by atoms with Gasteiger partial charge in [-0.05, 0) is 36.5 Å². The number of carbonyl (C=O) groups is 2. The molecular weight excluding hydrogens is 396 g/mol. The van der Waals surface area contributed by atoms with Gasteiger partial charge in [-0.25, -0.2) is 0 Å².